The summed E-state index contributed by atoms with van der Waals surface area (Å²) in [6.07, 6.45) is 0. The molecule has 0 bridgehead atoms. The van der Waals surface area contributed by atoms with Gasteiger partial charge in [0.1, 0.15) is 17.0 Å². The Bertz CT molecular complexity index is 3490. The average Bonchev–Trinajstić information content (AvgIpc) is 4.00. The maximum Gasteiger partial charge on any atom is 0.164 e. The van der Waals surface area contributed by atoms with Gasteiger partial charge >= 0.3 is 0 Å². The van der Waals surface area contributed by atoms with E-state index in [2.05, 4.69) is 143 Å². The van der Waals surface area contributed by atoms with E-state index in [1.807, 2.05) is 60.7 Å². The lowest BCUT2D eigenvalue weighted by Crippen LogP contribution is -2.01. The molecule has 12 rings (SSSR count). The van der Waals surface area contributed by atoms with Crippen molar-refractivity contribution in [1.82, 2.24) is 29.1 Å². The van der Waals surface area contributed by atoms with E-state index in [9.17, 15) is 0 Å². The third kappa shape index (κ3) is 5.29. The second-order valence-corrected chi connectivity index (χ2v) is 14.6. The third-order valence-electron chi connectivity index (χ3n) is 11.2. The molecule has 0 saturated carbocycles. The first kappa shape index (κ1) is 33.0. The van der Waals surface area contributed by atoms with Crippen molar-refractivity contribution in [1.29, 1.82) is 0 Å². The van der Waals surface area contributed by atoms with Gasteiger partial charge in [-0.05, 0) is 72.8 Å². The van der Waals surface area contributed by atoms with Gasteiger partial charge in [-0.15, -0.1) is 0 Å². The Morgan fingerprint density at radius 1 is 0.356 bits per heavy atom. The van der Waals surface area contributed by atoms with E-state index in [4.69, 9.17) is 24.4 Å². The Hall–Kier alpha value is -8.16. The van der Waals surface area contributed by atoms with Crippen LogP contribution in [0, 0.1) is 0 Å². The first-order valence-electron chi connectivity index (χ1n) is 19.7. The zero-order valence-corrected chi connectivity index (χ0v) is 31.6. The summed E-state index contributed by atoms with van der Waals surface area (Å²) in [6, 6.07) is 66.6. The van der Waals surface area contributed by atoms with Gasteiger partial charge in [-0.2, -0.15) is 0 Å². The quantitative estimate of drug-likeness (QED) is 0.169. The lowest BCUT2D eigenvalue weighted by molar-refractivity contribution is 0.669. The molecular formula is C52H32N6O. The fourth-order valence-electron chi connectivity index (χ4n) is 8.56. The summed E-state index contributed by atoms with van der Waals surface area (Å²) < 4.78 is 11.3. The van der Waals surface area contributed by atoms with Crippen molar-refractivity contribution in [2.24, 2.45) is 0 Å². The molecule has 0 amide bonds. The Balaban J connectivity index is 1.03. The molecule has 59 heavy (non-hydrogen) atoms. The summed E-state index contributed by atoms with van der Waals surface area (Å²) in [7, 11) is 0. The molecule has 8 aromatic carbocycles. The molecule has 7 nitrogen and oxygen atoms in total. The van der Waals surface area contributed by atoms with E-state index in [-0.39, 0.29) is 0 Å². The van der Waals surface area contributed by atoms with Crippen LogP contribution in [0.3, 0.4) is 0 Å². The molecule has 0 N–H and O–H groups in total. The summed E-state index contributed by atoms with van der Waals surface area (Å²) in [5.74, 6) is 2.56. The van der Waals surface area contributed by atoms with E-state index in [0.29, 0.717) is 17.5 Å². The molecule has 0 saturated heterocycles. The van der Waals surface area contributed by atoms with Crippen LogP contribution in [0.2, 0.25) is 0 Å². The molecule has 0 aliphatic carbocycles. The Kier molecular flexibility index (Phi) is 7.40. The maximum absolute atomic E-state index is 6.80. The predicted octanol–water partition coefficient (Wildman–Crippen LogP) is 12.9. The number of rotatable bonds is 6. The molecule has 0 spiro atoms. The zero-order valence-electron chi connectivity index (χ0n) is 31.6. The van der Waals surface area contributed by atoms with E-state index in [1.54, 1.807) is 0 Å². The highest BCUT2D eigenvalue weighted by Crippen LogP contribution is 2.41. The molecule has 0 fully saturated rings. The number of aromatic nitrogens is 6. The molecule has 4 heterocycles. The Morgan fingerprint density at radius 3 is 1.63 bits per heavy atom. The second-order valence-electron chi connectivity index (χ2n) is 14.6. The summed E-state index contributed by atoms with van der Waals surface area (Å²) >= 11 is 0. The van der Waals surface area contributed by atoms with Gasteiger partial charge in [0.25, 0.3) is 0 Å². The van der Waals surface area contributed by atoms with Crippen molar-refractivity contribution in [2.75, 3.05) is 0 Å². The monoisotopic (exact) mass is 756 g/mol. The van der Waals surface area contributed by atoms with Crippen molar-refractivity contribution in [3.8, 4) is 56.9 Å². The van der Waals surface area contributed by atoms with Crippen molar-refractivity contribution in [3.63, 3.8) is 0 Å². The lowest BCUT2D eigenvalue weighted by Gasteiger charge is -2.11. The highest BCUT2D eigenvalue weighted by Gasteiger charge is 2.23. The van der Waals surface area contributed by atoms with E-state index in [1.165, 1.54) is 10.8 Å². The van der Waals surface area contributed by atoms with Gasteiger partial charge < -0.3 is 8.98 Å². The molecule has 7 heteroatoms. The van der Waals surface area contributed by atoms with Gasteiger partial charge in [-0.3, -0.25) is 4.57 Å². The van der Waals surface area contributed by atoms with Gasteiger partial charge in [0, 0.05) is 49.6 Å². The van der Waals surface area contributed by atoms with Gasteiger partial charge in [-0.25, -0.2) is 19.9 Å². The first-order valence-corrected chi connectivity index (χ1v) is 19.7. The zero-order chi connectivity index (χ0) is 38.9. The summed E-state index contributed by atoms with van der Waals surface area (Å²) in [4.78, 5) is 20.6. The number of benzene rings is 8. The average molecular weight is 757 g/mol. The summed E-state index contributed by atoms with van der Waals surface area (Å²) in [6.45, 7) is 0. The van der Waals surface area contributed by atoms with Crippen LogP contribution in [0.25, 0.3) is 112 Å². The number of para-hydroxylation sites is 6. The molecule has 276 valence electrons. The highest BCUT2D eigenvalue weighted by atomic mass is 16.3. The number of nitrogens with zero attached hydrogens (tertiary/aromatic N) is 6. The van der Waals surface area contributed by atoms with Gasteiger partial charge in [-0.1, -0.05) is 121 Å². The van der Waals surface area contributed by atoms with Crippen LogP contribution in [-0.2, 0) is 0 Å². The Morgan fingerprint density at radius 2 is 0.898 bits per heavy atom. The molecule has 0 atom stereocenters. The molecular weight excluding hydrogens is 725 g/mol. The fourth-order valence-corrected chi connectivity index (χ4v) is 8.56. The smallest absolute Gasteiger partial charge is 0.164 e. The van der Waals surface area contributed by atoms with Crippen molar-refractivity contribution < 1.29 is 4.42 Å². The van der Waals surface area contributed by atoms with Gasteiger partial charge in [0.2, 0.25) is 0 Å². The number of hydrogen-bond acceptors (Lipinski definition) is 5. The van der Waals surface area contributed by atoms with Crippen LogP contribution in [0.15, 0.2) is 199 Å². The van der Waals surface area contributed by atoms with Crippen LogP contribution >= 0.6 is 0 Å². The van der Waals surface area contributed by atoms with Crippen LogP contribution in [-0.4, -0.2) is 29.1 Å². The standard InChI is InChI=1S/C52H32N6O/c1-3-15-33(16-4-1)49-54-50(34-29-31-36(32-30-34)57-43-25-10-7-19-37(43)38-20-8-11-26-44(38)57)56-51(55-49)40-22-14-28-46-47(40)39-21-13-23-41(48(39)59-46)52-53-42-24-9-12-27-45(42)58(52)35-17-5-2-6-18-35/h1-32H. The fraction of sp³-hybridized carbons (Fsp3) is 0. The molecule has 4 aromatic heterocycles. The summed E-state index contributed by atoms with van der Waals surface area (Å²) in [5, 5.41) is 4.34. The molecule has 0 aliphatic rings. The van der Waals surface area contributed by atoms with Gasteiger partial charge in [0.05, 0.1) is 27.6 Å². The topological polar surface area (TPSA) is 74.6 Å². The minimum absolute atomic E-state index is 0.565. The minimum Gasteiger partial charge on any atom is -0.455 e. The third-order valence-corrected chi connectivity index (χ3v) is 11.2. The highest BCUT2D eigenvalue weighted by molar-refractivity contribution is 6.15. The lowest BCUT2D eigenvalue weighted by atomic mass is 10.0. The van der Waals surface area contributed by atoms with Gasteiger partial charge in [0.15, 0.2) is 17.5 Å². The second kappa shape index (κ2) is 13.2. The Labute approximate surface area is 338 Å². The number of fused-ring (bicyclic) bond motifs is 7. The summed E-state index contributed by atoms with van der Waals surface area (Å²) in [5.41, 5.74) is 11.4. The number of furan rings is 1. The van der Waals surface area contributed by atoms with Crippen molar-refractivity contribution >= 4 is 54.8 Å². The SMILES string of the molecule is c1ccc(-c2nc(-c3ccc(-n4c5ccccc5c5ccccc54)cc3)nc(-c3cccc4oc5c(-c6nc7ccccc7n6-c6ccccc6)cccc5c34)n2)cc1. The molecule has 12 aromatic rings. The van der Waals surface area contributed by atoms with Crippen LogP contribution in [0.1, 0.15) is 0 Å². The first-order chi connectivity index (χ1) is 29.3. The normalized spacial score (nSPS) is 11.7. The predicted molar refractivity (Wildman–Crippen MR) is 238 cm³/mol. The van der Waals surface area contributed by atoms with E-state index in [0.717, 1.165) is 83.5 Å². The largest absolute Gasteiger partial charge is 0.455 e. The minimum atomic E-state index is 0.565. The number of imidazole rings is 1. The van der Waals surface area contributed by atoms with Crippen molar-refractivity contribution in [2.45, 2.75) is 0 Å². The molecule has 0 aliphatic heterocycles. The van der Waals surface area contributed by atoms with Crippen LogP contribution in [0.5, 0.6) is 0 Å². The van der Waals surface area contributed by atoms with Crippen molar-refractivity contribution in [3.05, 3.63) is 194 Å². The van der Waals surface area contributed by atoms with E-state index < -0.39 is 0 Å². The van der Waals surface area contributed by atoms with E-state index >= 15 is 0 Å². The number of hydrogen-bond donors (Lipinski definition) is 0. The maximum atomic E-state index is 6.80. The molecule has 0 radical (unpaired) electrons. The molecule has 0 unspecified atom stereocenters. The van der Waals surface area contributed by atoms with Crippen LogP contribution < -0.4 is 0 Å². The van der Waals surface area contributed by atoms with Crippen LogP contribution in [0.4, 0.5) is 0 Å².